The van der Waals surface area contributed by atoms with Crippen molar-refractivity contribution in [2.24, 2.45) is 0 Å². The summed E-state index contributed by atoms with van der Waals surface area (Å²) in [5, 5.41) is 12.0. The zero-order valence-corrected chi connectivity index (χ0v) is 22.9. The molecule has 202 valence electrons. The lowest BCUT2D eigenvalue weighted by Crippen LogP contribution is -1.93. The number of fused-ring (bicyclic) bond motifs is 5. The van der Waals surface area contributed by atoms with Crippen LogP contribution in [-0.4, -0.2) is 33.8 Å². The van der Waals surface area contributed by atoms with Crippen molar-refractivity contribution >= 4 is 33.1 Å². The molecule has 5 aromatic heterocycles. The minimum Gasteiger partial charge on any atom is -0.309 e. The average Bonchev–Trinajstić information content (AvgIpc) is 3.78. The van der Waals surface area contributed by atoms with E-state index in [2.05, 4.69) is 95.6 Å². The van der Waals surface area contributed by atoms with Crippen molar-refractivity contribution in [1.29, 1.82) is 0 Å². The summed E-state index contributed by atoms with van der Waals surface area (Å²) in [5.41, 5.74) is 9.03. The quantitative estimate of drug-likeness (QED) is 0.222. The third-order valence-corrected chi connectivity index (χ3v) is 7.95. The van der Waals surface area contributed by atoms with Gasteiger partial charge in [0, 0.05) is 40.0 Å². The Kier molecular flexibility index (Phi) is 5.06. The first-order valence-corrected chi connectivity index (χ1v) is 14.2. The summed E-state index contributed by atoms with van der Waals surface area (Å²) in [4.78, 5) is 9.65. The highest BCUT2D eigenvalue weighted by atomic mass is 15.3. The van der Waals surface area contributed by atoms with Gasteiger partial charge < -0.3 is 4.57 Å². The van der Waals surface area contributed by atoms with Gasteiger partial charge in [-0.3, -0.25) is 0 Å². The van der Waals surface area contributed by atoms with Gasteiger partial charge in [-0.2, -0.15) is 0 Å². The van der Waals surface area contributed by atoms with E-state index in [1.807, 2.05) is 48.8 Å². The summed E-state index contributed by atoms with van der Waals surface area (Å²) in [6, 6.07) is 44.0. The van der Waals surface area contributed by atoms with Gasteiger partial charge in [0.2, 0.25) is 0 Å². The van der Waals surface area contributed by atoms with Crippen LogP contribution in [0.2, 0.25) is 0 Å². The lowest BCUT2D eigenvalue weighted by molar-refractivity contribution is 0.964. The molecule has 7 heteroatoms. The van der Waals surface area contributed by atoms with Crippen molar-refractivity contribution < 1.29 is 0 Å². The molecule has 0 aliphatic carbocycles. The number of nitrogens with zero attached hydrogens (tertiary/aromatic N) is 7. The Morgan fingerprint density at radius 3 is 1.67 bits per heavy atom. The molecule has 43 heavy (non-hydrogen) atoms. The molecule has 0 unspecified atom stereocenters. The fourth-order valence-corrected chi connectivity index (χ4v) is 5.97. The van der Waals surface area contributed by atoms with Crippen LogP contribution in [0.15, 0.2) is 140 Å². The zero-order valence-electron chi connectivity index (χ0n) is 22.9. The first-order chi connectivity index (χ1) is 21.3. The first-order valence-electron chi connectivity index (χ1n) is 14.2. The summed E-state index contributed by atoms with van der Waals surface area (Å²) in [5.74, 6) is 1.31. The van der Waals surface area contributed by atoms with E-state index in [1.165, 1.54) is 16.3 Å². The molecule has 0 bridgehead atoms. The molecule has 5 heterocycles. The second-order valence-corrected chi connectivity index (χ2v) is 10.6. The number of hydrogen-bond acceptors (Lipinski definition) is 4. The molecular formula is C36H23N7. The lowest BCUT2D eigenvalue weighted by atomic mass is 9.97. The normalized spacial score (nSPS) is 11.7. The smallest absolute Gasteiger partial charge is 0.182 e. The van der Waals surface area contributed by atoms with Gasteiger partial charge in [-0.25, -0.2) is 19.0 Å². The van der Waals surface area contributed by atoms with Gasteiger partial charge in [-0.15, -0.1) is 10.2 Å². The minimum atomic E-state index is 0.653. The summed E-state index contributed by atoms with van der Waals surface area (Å²) in [6.07, 6.45) is 3.83. The fraction of sp³-hybridized carbons (Fsp3) is 0. The maximum atomic E-state index is 4.83. The van der Waals surface area contributed by atoms with E-state index in [1.54, 1.807) is 9.03 Å². The van der Waals surface area contributed by atoms with Crippen molar-refractivity contribution in [3.63, 3.8) is 0 Å². The van der Waals surface area contributed by atoms with Gasteiger partial charge in [0.05, 0.1) is 11.0 Å². The van der Waals surface area contributed by atoms with Gasteiger partial charge in [-0.1, -0.05) is 54.6 Å². The van der Waals surface area contributed by atoms with Crippen molar-refractivity contribution in [3.8, 4) is 39.6 Å². The van der Waals surface area contributed by atoms with E-state index in [0.29, 0.717) is 11.6 Å². The number of pyridine rings is 2. The van der Waals surface area contributed by atoms with Crippen LogP contribution in [0.1, 0.15) is 0 Å². The van der Waals surface area contributed by atoms with Crippen LogP contribution in [0.4, 0.5) is 0 Å². The standard InChI is InChI=1S/C36H23N7/c1-2-10-28(11-3-1)43-31-13-5-4-12-29(31)30-23-24(16-17-32(30)43)25-20-26(35-37-33-14-6-8-18-41(33)39-35)22-27(21-25)36-38-34-15-7-9-19-42(34)40-36/h1-23H. The van der Waals surface area contributed by atoms with Crippen LogP contribution in [0, 0.1) is 0 Å². The van der Waals surface area contributed by atoms with Gasteiger partial charge in [0.15, 0.2) is 22.9 Å². The molecule has 0 fully saturated rings. The predicted octanol–water partition coefficient (Wildman–Crippen LogP) is 7.87. The molecule has 0 aliphatic heterocycles. The van der Waals surface area contributed by atoms with E-state index < -0.39 is 0 Å². The van der Waals surface area contributed by atoms with Gasteiger partial charge in [0.25, 0.3) is 0 Å². The molecule has 0 amide bonds. The maximum absolute atomic E-state index is 4.83. The Morgan fingerprint density at radius 2 is 1.00 bits per heavy atom. The molecule has 0 saturated carbocycles. The maximum Gasteiger partial charge on any atom is 0.182 e. The molecule has 9 rings (SSSR count). The summed E-state index contributed by atoms with van der Waals surface area (Å²) in [6.45, 7) is 0. The third-order valence-electron chi connectivity index (χ3n) is 7.95. The molecule has 0 N–H and O–H groups in total. The summed E-state index contributed by atoms with van der Waals surface area (Å²) < 4.78 is 5.93. The van der Waals surface area contributed by atoms with Crippen LogP contribution in [-0.2, 0) is 0 Å². The highest BCUT2D eigenvalue weighted by Crippen LogP contribution is 2.37. The Balaban J connectivity index is 1.27. The molecular weight excluding hydrogens is 530 g/mol. The molecule has 4 aromatic carbocycles. The van der Waals surface area contributed by atoms with E-state index in [0.717, 1.165) is 44.8 Å². The number of para-hydroxylation sites is 2. The molecule has 0 radical (unpaired) electrons. The van der Waals surface area contributed by atoms with Crippen LogP contribution >= 0.6 is 0 Å². The third kappa shape index (κ3) is 3.83. The molecule has 0 spiro atoms. The van der Waals surface area contributed by atoms with Crippen LogP contribution in [0.3, 0.4) is 0 Å². The minimum absolute atomic E-state index is 0.653. The Labute approximate surface area is 245 Å². The second-order valence-electron chi connectivity index (χ2n) is 10.6. The highest BCUT2D eigenvalue weighted by molar-refractivity contribution is 6.10. The summed E-state index contributed by atoms with van der Waals surface area (Å²) >= 11 is 0. The highest BCUT2D eigenvalue weighted by Gasteiger charge is 2.16. The van der Waals surface area contributed by atoms with Crippen LogP contribution in [0.5, 0.6) is 0 Å². The molecule has 0 atom stereocenters. The monoisotopic (exact) mass is 553 g/mol. The molecule has 0 aliphatic rings. The van der Waals surface area contributed by atoms with Crippen molar-refractivity contribution in [2.75, 3.05) is 0 Å². The van der Waals surface area contributed by atoms with Gasteiger partial charge >= 0.3 is 0 Å². The van der Waals surface area contributed by atoms with Gasteiger partial charge in [-0.05, 0) is 83.9 Å². The SMILES string of the molecule is c1ccc(-n2c3ccccc3c3cc(-c4cc(-c5nc6ccccn6n5)cc(-c5nc6ccccn6n5)c4)ccc32)cc1. The zero-order chi connectivity index (χ0) is 28.3. The van der Waals surface area contributed by atoms with E-state index in [4.69, 9.17) is 20.2 Å². The van der Waals surface area contributed by atoms with E-state index in [9.17, 15) is 0 Å². The van der Waals surface area contributed by atoms with Crippen LogP contribution < -0.4 is 0 Å². The number of benzene rings is 4. The average molecular weight is 554 g/mol. The Bertz CT molecular complexity index is 2310. The fourth-order valence-electron chi connectivity index (χ4n) is 5.97. The number of hydrogen-bond donors (Lipinski definition) is 0. The van der Waals surface area contributed by atoms with E-state index in [-0.39, 0.29) is 0 Å². The molecule has 9 aromatic rings. The number of rotatable bonds is 4. The van der Waals surface area contributed by atoms with Gasteiger partial charge in [0.1, 0.15) is 0 Å². The lowest BCUT2D eigenvalue weighted by Gasteiger charge is -2.09. The van der Waals surface area contributed by atoms with Crippen molar-refractivity contribution in [1.82, 2.24) is 33.8 Å². The van der Waals surface area contributed by atoms with Crippen molar-refractivity contribution in [2.45, 2.75) is 0 Å². The Morgan fingerprint density at radius 1 is 0.419 bits per heavy atom. The van der Waals surface area contributed by atoms with E-state index >= 15 is 0 Å². The largest absolute Gasteiger partial charge is 0.309 e. The molecule has 0 saturated heterocycles. The summed E-state index contributed by atoms with van der Waals surface area (Å²) in [7, 11) is 0. The topological polar surface area (TPSA) is 65.3 Å². The van der Waals surface area contributed by atoms with Crippen molar-refractivity contribution in [3.05, 3.63) is 140 Å². The number of aromatic nitrogens is 7. The predicted molar refractivity (Wildman–Crippen MR) is 170 cm³/mol. The molecule has 7 nitrogen and oxygen atoms in total. The Hall–Kier alpha value is -6.08. The van der Waals surface area contributed by atoms with Crippen LogP contribution in [0.25, 0.3) is 72.7 Å². The first kappa shape index (κ1) is 23.6. The second kappa shape index (κ2) is 9.22.